The van der Waals surface area contributed by atoms with Gasteiger partial charge in [0.05, 0.1) is 4.90 Å². The zero-order chi connectivity index (χ0) is 16.2. The molecule has 0 atom stereocenters. The fourth-order valence-corrected chi connectivity index (χ4v) is 3.34. The van der Waals surface area contributed by atoms with E-state index < -0.39 is 21.5 Å². The molecule has 0 aliphatic heterocycles. The molecule has 0 saturated carbocycles. The van der Waals surface area contributed by atoms with Gasteiger partial charge >= 0.3 is 0 Å². The van der Waals surface area contributed by atoms with Crippen LogP contribution in [-0.2, 0) is 14.6 Å². The van der Waals surface area contributed by atoms with Crippen LogP contribution in [0, 0.1) is 0 Å². The lowest BCUT2D eigenvalue weighted by atomic mass is 10.0. The van der Waals surface area contributed by atoms with Gasteiger partial charge in [-0.2, -0.15) is 0 Å². The quantitative estimate of drug-likeness (QED) is 0.921. The van der Waals surface area contributed by atoms with Crippen molar-refractivity contribution >= 4 is 21.4 Å². The summed E-state index contributed by atoms with van der Waals surface area (Å²) in [7, 11) is -3.62. The molecule has 0 unspecified atom stereocenters. The number of carbonyl (C=O) groups excluding carboxylic acids is 1. The zero-order valence-corrected chi connectivity index (χ0v) is 13.4. The summed E-state index contributed by atoms with van der Waals surface area (Å²) in [6.45, 7) is 4.04. The highest BCUT2D eigenvalue weighted by Gasteiger charge is 2.19. The van der Waals surface area contributed by atoms with Crippen LogP contribution in [0.2, 0.25) is 0 Å². The predicted octanol–water partition coefficient (Wildman–Crippen LogP) is 3.22. The minimum Gasteiger partial charge on any atom is -0.325 e. The molecule has 4 nitrogen and oxygen atoms in total. The largest absolute Gasteiger partial charge is 0.325 e. The number of para-hydroxylation sites is 1. The predicted molar refractivity (Wildman–Crippen MR) is 87.7 cm³/mol. The molecule has 22 heavy (non-hydrogen) atoms. The number of hydrogen-bond acceptors (Lipinski definition) is 3. The fraction of sp³-hybridized carbons (Fsp3) is 0.235. The minimum atomic E-state index is -3.62. The van der Waals surface area contributed by atoms with Crippen molar-refractivity contribution in [2.24, 2.45) is 0 Å². The lowest BCUT2D eigenvalue weighted by molar-refractivity contribution is -0.113. The van der Waals surface area contributed by atoms with Crippen molar-refractivity contribution < 1.29 is 13.2 Å². The summed E-state index contributed by atoms with van der Waals surface area (Å²) in [6, 6.07) is 15.4. The van der Waals surface area contributed by atoms with Crippen molar-refractivity contribution in [3.63, 3.8) is 0 Å². The number of nitrogens with one attached hydrogen (secondary N) is 1. The summed E-state index contributed by atoms with van der Waals surface area (Å²) in [5, 5.41) is 2.70. The Kier molecular flexibility index (Phi) is 4.98. The molecule has 0 heterocycles. The Morgan fingerprint density at radius 3 is 2.23 bits per heavy atom. The van der Waals surface area contributed by atoms with Gasteiger partial charge in [0.2, 0.25) is 5.91 Å². The summed E-state index contributed by atoms with van der Waals surface area (Å²) in [5.41, 5.74) is 1.64. The summed E-state index contributed by atoms with van der Waals surface area (Å²) in [5.74, 6) is -0.858. The first-order chi connectivity index (χ1) is 10.4. The van der Waals surface area contributed by atoms with Crippen LogP contribution in [0.15, 0.2) is 59.5 Å². The van der Waals surface area contributed by atoms with Crippen LogP contribution >= 0.6 is 0 Å². The maximum atomic E-state index is 12.2. The van der Waals surface area contributed by atoms with Crippen molar-refractivity contribution in [2.45, 2.75) is 24.7 Å². The molecule has 1 N–H and O–H groups in total. The second-order valence-electron chi connectivity index (χ2n) is 5.36. The van der Waals surface area contributed by atoms with Crippen LogP contribution in [0.25, 0.3) is 0 Å². The van der Waals surface area contributed by atoms with Crippen LogP contribution in [0.5, 0.6) is 0 Å². The highest BCUT2D eigenvalue weighted by Crippen LogP contribution is 2.23. The number of carbonyl (C=O) groups is 1. The maximum Gasteiger partial charge on any atom is 0.239 e. The molecular formula is C17H19NO3S. The van der Waals surface area contributed by atoms with Crippen LogP contribution in [0.3, 0.4) is 0 Å². The van der Waals surface area contributed by atoms with Gasteiger partial charge in [-0.05, 0) is 29.7 Å². The lowest BCUT2D eigenvalue weighted by Gasteiger charge is -2.13. The van der Waals surface area contributed by atoms with Crippen LogP contribution in [0.4, 0.5) is 5.69 Å². The van der Waals surface area contributed by atoms with E-state index in [2.05, 4.69) is 5.32 Å². The Hall–Kier alpha value is -2.14. The van der Waals surface area contributed by atoms with E-state index in [4.69, 9.17) is 0 Å². The molecule has 116 valence electrons. The van der Waals surface area contributed by atoms with E-state index in [1.54, 1.807) is 24.3 Å². The van der Waals surface area contributed by atoms with Crippen molar-refractivity contribution in [2.75, 3.05) is 11.1 Å². The van der Waals surface area contributed by atoms with E-state index >= 15 is 0 Å². The number of hydrogen-bond donors (Lipinski definition) is 1. The molecule has 2 rings (SSSR count). The van der Waals surface area contributed by atoms with Crippen LogP contribution < -0.4 is 5.32 Å². The number of benzene rings is 2. The summed E-state index contributed by atoms with van der Waals surface area (Å²) < 4.78 is 24.4. The zero-order valence-electron chi connectivity index (χ0n) is 12.6. The third-order valence-corrected chi connectivity index (χ3v) is 4.91. The molecule has 5 heteroatoms. The van der Waals surface area contributed by atoms with E-state index in [-0.39, 0.29) is 10.8 Å². The maximum absolute atomic E-state index is 12.2. The first kappa shape index (κ1) is 16.2. The van der Waals surface area contributed by atoms with Gasteiger partial charge in [0.25, 0.3) is 0 Å². The monoisotopic (exact) mass is 317 g/mol. The molecule has 0 aliphatic carbocycles. The first-order valence-corrected chi connectivity index (χ1v) is 8.72. The number of anilines is 1. The smallest absolute Gasteiger partial charge is 0.239 e. The Morgan fingerprint density at radius 1 is 1.00 bits per heavy atom. The molecule has 0 spiro atoms. The Balaban J connectivity index is 2.15. The average Bonchev–Trinajstić information content (AvgIpc) is 2.48. The molecule has 0 fully saturated rings. The number of sulfone groups is 1. The van der Waals surface area contributed by atoms with Crippen molar-refractivity contribution in [3.8, 4) is 0 Å². The highest BCUT2D eigenvalue weighted by molar-refractivity contribution is 7.92. The van der Waals surface area contributed by atoms with Gasteiger partial charge in [-0.25, -0.2) is 8.42 Å². The number of rotatable bonds is 5. The highest BCUT2D eigenvalue weighted by atomic mass is 32.2. The first-order valence-electron chi connectivity index (χ1n) is 7.07. The van der Waals surface area contributed by atoms with E-state index in [9.17, 15) is 13.2 Å². The van der Waals surface area contributed by atoms with E-state index in [0.717, 1.165) is 5.56 Å². The van der Waals surface area contributed by atoms with Gasteiger partial charge < -0.3 is 5.32 Å². The molecular weight excluding hydrogens is 298 g/mol. The summed E-state index contributed by atoms with van der Waals surface area (Å²) >= 11 is 0. The Morgan fingerprint density at radius 2 is 1.59 bits per heavy atom. The van der Waals surface area contributed by atoms with Crippen molar-refractivity contribution in [1.82, 2.24) is 0 Å². The number of amides is 1. The molecule has 0 saturated heterocycles. The molecule has 2 aromatic carbocycles. The minimum absolute atomic E-state index is 0.155. The molecule has 0 bridgehead atoms. The molecule has 0 radical (unpaired) electrons. The van der Waals surface area contributed by atoms with Crippen LogP contribution in [-0.4, -0.2) is 20.1 Å². The second kappa shape index (κ2) is 6.75. The van der Waals surface area contributed by atoms with Crippen molar-refractivity contribution in [1.29, 1.82) is 0 Å². The average molecular weight is 317 g/mol. The second-order valence-corrected chi connectivity index (χ2v) is 7.35. The van der Waals surface area contributed by atoms with E-state index in [1.807, 2.05) is 32.0 Å². The van der Waals surface area contributed by atoms with Gasteiger partial charge in [-0.1, -0.05) is 50.2 Å². The third-order valence-electron chi connectivity index (χ3n) is 3.28. The summed E-state index contributed by atoms with van der Waals surface area (Å²) in [6.07, 6.45) is 0. The molecule has 0 aliphatic rings. The van der Waals surface area contributed by atoms with E-state index in [0.29, 0.717) is 5.69 Å². The molecule has 1 amide bonds. The normalized spacial score (nSPS) is 11.4. The van der Waals surface area contributed by atoms with E-state index in [1.165, 1.54) is 12.1 Å². The molecule has 2 aromatic rings. The fourth-order valence-electron chi connectivity index (χ4n) is 2.18. The molecule has 0 aromatic heterocycles. The van der Waals surface area contributed by atoms with Gasteiger partial charge in [0, 0.05) is 5.69 Å². The summed E-state index contributed by atoms with van der Waals surface area (Å²) in [4.78, 5) is 12.2. The third kappa shape index (κ3) is 3.95. The van der Waals surface area contributed by atoms with Gasteiger partial charge in [-0.15, -0.1) is 0 Å². The Bertz CT molecular complexity index is 752. The standard InChI is InChI=1S/C17H19NO3S/c1-13(2)15-10-6-7-11-16(15)18-17(19)12-22(20,21)14-8-4-3-5-9-14/h3-11,13H,12H2,1-2H3,(H,18,19). The van der Waals surface area contributed by atoms with Crippen LogP contribution in [0.1, 0.15) is 25.3 Å². The topological polar surface area (TPSA) is 63.2 Å². The van der Waals surface area contributed by atoms with Crippen molar-refractivity contribution in [3.05, 3.63) is 60.2 Å². The van der Waals surface area contributed by atoms with Gasteiger partial charge in [0.1, 0.15) is 5.75 Å². The lowest BCUT2D eigenvalue weighted by Crippen LogP contribution is -2.23. The van der Waals surface area contributed by atoms with Gasteiger partial charge in [0.15, 0.2) is 9.84 Å². The SMILES string of the molecule is CC(C)c1ccccc1NC(=O)CS(=O)(=O)c1ccccc1. The van der Waals surface area contributed by atoms with Gasteiger partial charge in [-0.3, -0.25) is 4.79 Å². The Labute approximate surface area is 131 Å².